The van der Waals surface area contributed by atoms with Gasteiger partial charge in [-0.3, -0.25) is 0 Å². The van der Waals surface area contributed by atoms with Crippen LogP contribution in [0.1, 0.15) is 37.1 Å². The van der Waals surface area contributed by atoms with E-state index >= 15 is 0 Å². The van der Waals surface area contributed by atoms with Gasteiger partial charge in [0.1, 0.15) is 5.82 Å². The van der Waals surface area contributed by atoms with E-state index < -0.39 is 0 Å². The van der Waals surface area contributed by atoms with Gasteiger partial charge in [0.15, 0.2) is 5.82 Å². The Morgan fingerprint density at radius 3 is 2.46 bits per heavy atom. The van der Waals surface area contributed by atoms with Gasteiger partial charge in [-0.15, -0.1) is 0 Å². The van der Waals surface area contributed by atoms with E-state index in [2.05, 4.69) is 101 Å². The predicted octanol–water partition coefficient (Wildman–Crippen LogP) is 7.25. The molecule has 1 aliphatic carbocycles. The maximum absolute atomic E-state index is 5.95. The summed E-state index contributed by atoms with van der Waals surface area (Å²) in [6, 6.07) is 25.4. The Bertz CT molecular complexity index is 1300. The summed E-state index contributed by atoms with van der Waals surface area (Å²) in [5.41, 5.74) is 10.5. The molecule has 5 heteroatoms. The van der Waals surface area contributed by atoms with E-state index in [1.54, 1.807) is 0 Å². The quantitative estimate of drug-likeness (QED) is 0.228. The van der Waals surface area contributed by atoms with E-state index in [0.717, 1.165) is 41.2 Å². The molecule has 178 valence electrons. The molecule has 0 radical (unpaired) electrons. The molecule has 3 N–H and O–H groups in total. The van der Waals surface area contributed by atoms with E-state index in [4.69, 9.17) is 15.7 Å². The summed E-state index contributed by atoms with van der Waals surface area (Å²) in [6.45, 7) is 1.73. The number of hydrogen-bond donors (Lipinski definition) is 2. The summed E-state index contributed by atoms with van der Waals surface area (Å²) in [6.07, 6.45) is 9.09. The first kappa shape index (κ1) is 23.9. The van der Waals surface area contributed by atoms with Gasteiger partial charge in [0, 0.05) is 15.5 Å². The van der Waals surface area contributed by atoms with Crippen LogP contribution in [0.5, 0.6) is 0 Å². The second-order valence-electron chi connectivity index (χ2n) is 9.43. The Balaban J connectivity index is 1.36. The zero-order valence-electron chi connectivity index (χ0n) is 19.8. The lowest BCUT2D eigenvalue weighted by molar-refractivity contribution is 0.281. The van der Waals surface area contributed by atoms with E-state index in [9.17, 15) is 0 Å². The zero-order chi connectivity index (χ0) is 24.0. The number of aromatic nitrogens is 2. The highest BCUT2D eigenvalue weighted by atomic mass is 127. The first-order valence-corrected chi connectivity index (χ1v) is 13.5. The van der Waals surface area contributed by atoms with Crippen LogP contribution in [0, 0.1) is 15.4 Å². The number of hydrogen-bond acceptors (Lipinski definition) is 4. The van der Waals surface area contributed by atoms with Gasteiger partial charge < -0.3 is 11.1 Å². The first-order chi connectivity index (χ1) is 17.2. The van der Waals surface area contributed by atoms with Crippen LogP contribution < -0.4 is 11.1 Å². The third-order valence-corrected chi connectivity index (χ3v) is 7.57. The maximum Gasteiger partial charge on any atom is 0.154 e. The van der Waals surface area contributed by atoms with Crippen LogP contribution in [-0.4, -0.2) is 23.1 Å². The van der Waals surface area contributed by atoms with E-state index in [0.29, 0.717) is 11.8 Å². The number of nitrogens with zero attached hydrogens (tertiary/aromatic N) is 2. The summed E-state index contributed by atoms with van der Waals surface area (Å²) in [4.78, 5) is 9.73. The van der Waals surface area contributed by atoms with Crippen LogP contribution in [-0.2, 0) is 0 Å². The molecule has 1 fully saturated rings. The van der Waals surface area contributed by atoms with Crippen molar-refractivity contribution in [1.29, 1.82) is 0 Å². The van der Waals surface area contributed by atoms with Crippen LogP contribution in [0.2, 0.25) is 0 Å². The molecule has 4 aromatic rings. The van der Waals surface area contributed by atoms with Crippen molar-refractivity contribution in [3.63, 3.8) is 0 Å². The predicted molar refractivity (Wildman–Crippen MR) is 156 cm³/mol. The summed E-state index contributed by atoms with van der Waals surface area (Å²) < 4.78 is 1.18. The van der Waals surface area contributed by atoms with Gasteiger partial charge in [-0.25, -0.2) is 9.97 Å². The number of halogens is 1. The van der Waals surface area contributed by atoms with Crippen LogP contribution in [0.15, 0.2) is 72.8 Å². The fraction of sp³-hybridized carbons (Fsp3) is 0.267. The van der Waals surface area contributed by atoms with Crippen molar-refractivity contribution in [1.82, 2.24) is 9.97 Å². The number of anilines is 1. The van der Waals surface area contributed by atoms with Crippen LogP contribution >= 0.6 is 22.6 Å². The number of rotatable bonds is 7. The summed E-state index contributed by atoms with van der Waals surface area (Å²) >= 11 is 2.35. The van der Waals surface area contributed by atoms with E-state index in [1.165, 1.54) is 40.4 Å². The van der Waals surface area contributed by atoms with Gasteiger partial charge in [-0.1, -0.05) is 67.1 Å². The Morgan fingerprint density at radius 2 is 1.66 bits per heavy atom. The highest BCUT2D eigenvalue weighted by Crippen LogP contribution is 2.30. The Kier molecular flexibility index (Phi) is 7.74. The Labute approximate surface area is 221 Å². The topological polar surface area (TPSA) is 63.8 Å². The zero-order valence-corrected chi connectivity index (χ0v) is 22.0. The molecule has 3 aromatic carbocycles. The fourth-order valence-corrected chi connectivity index (χ4v) is 5.45. The normalized spacial score (nSPS) is 18.2. The van der Waals surface area contributed by atoms with Crippen LogP contribution in [0.4, 0.5) is 5.82 Å². The maximum atomic E-state index is 5.95. The molecule has 0 bridgehead atoms. The lowest BCUT2D eigenvalue weighted by atomic mass is 9.81. The summed E-state index contributed by atoms with van der Waals surface area (Å²) in [5, 5.41) is 4.74. The summed E-state index contributed by atoms with van der Waals surface area (Å²) in [5.74, 6) is 2.94. The molecule has 0 spiro atoms. The average molecular weight is 575 g/mol. The largest absolute Gasteiger partial charge is 0.369 e. The van der Waals surface area contributed by atoms with E-state index in [-0.39, 0.29) is 0 Å². The van der Waals surface area contributed by atoms with Crippen molar-refractivity contribution in [3.05, 3.63) is 87.8 Å². The molecule has 0 saturated heterocycles. The van der Waals surface area contributed by atoms with Crippen molar-refractivity contribution >= 4 is 51.5 Å². The van der Waals surface area contributed by atoms with Gasteiger partial charge in [0.25, 0.3) is 0 Å². The van der Waals surface area contributed by atoms with Gasteiger partial charge in [0.05, 0.1) is 5.52 Å². The van der Waals surface area contributed by atoms with E-state index in [1.807, 2.05) is 12.1 Å². The molecule has 0 aliphatic heterocycles. The Morgan fingerprint density at radius 1 is 0.886 bits per heavy atom. The molecule has 0 amide bonds. The molecular weight excluding hydrogens is 543 g/mol. The SMILES string of the molecule is NCC1CCCC(CNc2nc(C=Cc3ccc(-c4ccccc4)cc3)nc3ccc(I)cc23)C1. The highest BCUT2D eigenvalue weighted by Gasteiger charge is 2.21. The molecular formula is C30H31IN4. The molecule has 1 heterocycles. The van der Waals surface area contributed by atoms with Gasteiger partial charge in [0.2, 0.25) is 0 Å². The standard InChI is InChI=1S/C30H31IN4/c31-26-14-15-28-27(18-26)30(33-20-23-6-4-5-22(17-23)19-32)35-29(34-28)16-11-21-9-12-25(13-10-21)24-7-2-1-3-8-24/h1-3,7-16,18,22-23H,4-6,17,19-20,32H2,(H,33,34,35). The van der Waals surface area contributed by atoms with Gasteiger partial charge in [-0.05, 0) is 101 Å². The van der Waals surface area contributed by atoms with Crippen molar-refractivity contribution in [2.24, 2.45) is 17.6 Å². The molecule has 1 aromatic heterocycles. The third kappa shape index (κ3) is 6.08. The lowest BCUT2D eigenvalue weighted by Crippen LogP contribution is -2.26. The second kappa shape index (κ2) is 11.3. The van der Waals surface area contributed by atoms with Crippen molar-refractivity contribution in [3.8, 4) is 11.1 Å². The number of nitrogens with two attached hydrogens (primary N) is 1. The summed E-state index contributed by atoms with van der Waals surface area (Å²) in [7, 11) is 0. The van der Waals surface area contributed by atoms with Crippen molar-refractivity contribution < 1.29 is 0 Å². The highest BCUT2D eigenvalue weighted by molar-refractivity contribution is 14.1. The lowest BCUT2D eigenvalue weighted by Gasteiger charge is -2.28. The average Bonchev–Trinajstić information content (AvgIpc) is 2.91. The van der Waals surface area contributed by atoms with Crippen LogP contribution in [0.3, 0.4) is 0 Å². The number of benzene rings is 3. The number of nitrogens with one attached hydrogen (secondary N) is 1. The molecule has 4 nitrogen and oxygen atoms in total. The minimum absolute atomic E-state index is 0.646. The molecule has 35 heavy (non-hydrogen) atoms. The first-order valence-electron chi connectivity index (χ1n) is 12.4. The molecule has 1 saturated carbocycles. The number of fused-ring (bicyclic) bond motifs is 1. The molecule has 5 rings (SSSR count). The molecule has 1 aliphatic rings. The van der Waals surface area contributed by atoms with Crippen molar-refractivity contribution in [2.75, 3.05) is 18.4 Å². The second-order valence-corrected chi connectivity index (χ2v) is 10.7. The van der Waals surface area contributed by atoms with Gasteiger partial charge in [-0.2, -0.15) is 0 Å². The van der Waals surface area contributed by atoms with Gasteiger partial charge >= 0.3 is 0 Å². The smallest absolute Gasteiger partial charge is 0.154 e. The Hall–Kier alpha value is -2.77. The molecule has 2 unspecified atom stereocenters. The monoisotopic (exact) mass is 574 g/mol. The third-order valence-electron chi connectivity index (χ3n) is 6.90. The fourth-order valence-electron chi connectivity index (χ4n) is 4.96. The van der Waals surface area contributed by atoms with Crippen molar-refractivity contribution in [2.45, 2.75) is 25.7 Å². The van der Waals surface area contributed by atoms with Crippen LogP contribution in [0.25, 0.3) is 34.2 Å². The minimum atomic E-state index is 0.646. The molecule has 2 atom stereocenters. The minimum Gasteiger partial charge on any atom is -0.369 e.